The van der Waals surface area contributed by atoms with Crippen LogP contribution in [0.1, 0.15) is 47.3 Å². The summed E-state index contributed by atoms with van der Waals surface area (Å²) < 4.78 is 69.6. The van der Waals surface area contributed by atoms with Gasteiger partial charge in [-0.05, 0) is 85.5 Å². The number of carboxylic acids is 1. The van der Waals surface area contributed by atoms with Crippen LogP contribution in [0.4, 0.5) is 13.2 Å². The first-order chi connectivity index (χ1) is 20.0. The SMILES string of the molecule is CN(CC(O)CNC(C)(C)CC1Cc2ccccc2C1)S(=O)(=O)c1ccc(-c2ccc(C(=O)O)c(Cl)c2)cc1C(F)(F)F. The molecule has 0 amide bonds. The third kappa shape index (κ3) is 7.77. The van der Waals surface area contributed by atoms with Crippen molar-refractivity contribution in [3.05, 3.63) is 87.9 Å². The van der Waals surface area contributed by atoms with E-state index in [1.54, 1.807) is 0 Å². The predicted molar refractivity (Wildman–Crippen MR) is 159 cm³/mol. The van der Waals surface area contributed by atoms with Gasteiger partial charge in [-0.2, -0.15) is 17.5 Å². The Labute approximate surface area is 254 Å². The third-order valence-electron chi connectivity index (χ3n) is 7.72. The number of likely N-dealkylation sites (N-methyl/N-ethyl adjacent to an activating group) is 1. The van der Waals surface area contributed by atoms with Crippen molar-refractivity contribution in [3.8, 4) is 11.1 Å². The average Bonchev–Trinajstić information content (AvgIpc) is 3.32. The fourth-order valence-electron chi connectivity index (χ4n) is 5.63. The molecule has 1 aliphatic rings. The number of sulfonamides is 1. The number of nitrogens with zero attached hydrogens (tertiary/aromatic N) is 1. The molecule has 7 nitrogen and oxygen atoms in total. The summed E-state index contributed by atoms with van der Waals surface area (Å²) in [5.74, 6) is -0.868. The van der Waals surface area contributed by atoms with Crippen LogP contribution >= 0.6 is 11.6 Å². The number of hydrogen-bond acceptors (Lipinski definition) is 5. The highest BCUT2D eigenvalue weighted by atomic mass is 35.5. The normalized spacial score (nSPS) is 15.1. The van der Waals surface area contributed by atoms with E-state index in [2.05, 4.69) is 17.4 Å². The van der Waals surface area contributed by atoms with Gasteiger partial charge in [-0.3, -0.25) is 0 Å². The maximum atomic E-state index is 14.1. The van der Waals surface area contributed by atoms with Crippen LogP contribution < -0.4 is 5.32 Å². The Hall–Kier alpha value is -2.96. The molecule has 4 rings (SSSR count). The van der Waals surface area contributed by atoms with E-state index in [0.717, 1.165) is 38.4 Å². The van der Waals surface area contributed by atoms with Crippen LogP contribution in [-0.2, 0) is 29.0 Å². The number of rotatable bonds is 11. The number of carboxylic acid groups (broad SMARTS) is 1. The van der Waals surface area contributed by atoms with Crippen molar-refractivity contribution < 1.29 is 36.6 Å². The van der Waals surface area contributed by atoms with E-state index < -0.39 is 45.3 Å². The fourth-order valence-corrected chi connectivity index (χ4v) is 7.29. The number of nitrogens with one attached hydrogen (secondary N) is 1. The number of carbonyl (C=O) groups is 1. The molecule has 0 saturated heterocycles. The van der Waals surface area contributed by atoms with E-state index >= 15 is 0 Å². The maximum absolute atomic E-state index is 14.1. The standard InChI is InChI=1S/C31H34ClF3N2O5S/c1-30(2,16-19-12-20-6-4-5-7-21(20)13-19)36-17-24(38)18-37(3)43(41,42)28-11-9-22(14-26(28)31(33,34)35)23-8-10-25(29(39)40)27(32)15-23/h4-11,14-15,19,24,36,38H,12-13,16-18H2,1-3H3,(H,39,40). The summed E-state index contributed by atoms with van der Waals surface area (Å²) in [6.07, 6.45) is -3.44. The van der Waals surface area contributed by atoms with Crippen LogP contribution in [0.25, 0.3) is 11.1 Å². The molecule has 0 aromatic heterocycles. The topological polar surface area (TPSA) is 107 Å². The van der Waals surface area contributed by atoms with Crippen LogP contribution in [0.3, 0.4) is 0 Å². The molecular weight excluding hydrogens is 605 g/mol. The lowest BCUT2D eigenvalue weighted by Gasteiger charge is -2.31. The second kappa shape index (κ2) is 12.6. The maximum Gasteiger partial charge on any atom is 0.417 e. The molecular formula is C31H34ClF3N2O5S. The Morgan fingerprint density at radius 2 is 1.63 bits per heavy atom. The summed E-state index contributed by atoms with van der Waals surface area (Å²) in [4.78, 5) is 10.3. The van der Waals surface area contributed by atoms with Gasteiger partial charge in [0.2, 0.25) is 10.0 Å². The summed E-state index contributed by atoms with van der Waals surface area (Å²) in [6, 6.07) is 14.7. The van der Waals surface area contributed by atoms with Gasteiger partial charge in [0.25, 0.3) is 0 Å². The zero-order valence-corrected chi connectivity index (χ0v) is 25.5. The number of aliphatic hydroxyl groups excluding tert-OH is 1. The lowest BCUT2D eigenvalue weighted by Crippen LogP contribution is -2.47. The summed E-state index contributed by atoms with van der Waals surface area (Å²) in [6.45, 7) is 3.63. The Bertz CT molecular complexity index is 1590. The summed E-state index contributed by atoms with van der Waals surface area (Å²) in [5.41, 5.74) is 0.885. The molecule has 1 aliphatic carbocycles. The molecule has 3 N–H and O–H groups in total. The van der Waals surface area contributed by atoms with Gasteiger partial charge in [0.05, 0.1) is 27.1 Å². The molecule has 232 valence electrons. The van der Waals surface area contributed by atoms with Crippen molar-refractivity contribution in [2.45, 2.75) is 55.8 Å². The molecule has 0 bridgehead atoms. The Morgan fingerprint density at radius 1 is 1.05 bits per heavy atom. The minimum atomic E-state index is -5.02. The number of hydrogen-bond donors (Lipinski definition) is 3. The fraction of sp³-hybridized carbons (Fsp3) is 0.387. The zero-order chi connectivity index (χ0) is 31.7. The predicted octanol–water partition coefficient (Wildman–Crippen LogP) is 5.88. The highest BCUT2D eigenvalue weighted by molar-refractivity contribution is 7.89. The van der Waals surface area contributed by atoms with E-state index in [-0.39, 0.29) is 33.8 Å². The van der Waals surface area contributed by atoms with E-state index in [9.17, 15) is 31.5 Å². The van der Waals surface area contributed by atoms with Crippen molar-refractivity contribution in [3.63, 3.8) is 0 Å². The first kappa shape index (κ1) is 32.9. The molecule has 0 saturated carbocycles. The zero-order valence-electron chi connectivity index (χ0n) is 24.0. The van der Waals surface area contributed by atoms with Crippen LogP contribution in [-0.4, -0.2) is 60.7 Å². The average molecular weight is 639 g/mol. The lowest BCUT2D eigenvalue weighted by atomic mass is 9.88. The van der Waals surface area contributed by atoms with E-state index in [4.69, 9.17) is 16.7 Å². The minimum absolute atomic E-state index is 0.00425. The lowest BCUT2D eigenvalue weighted by molar-refractivity contribution is -0.139. The number of alkyl halides is 3. The number of benzene rings is 3. The van der Waals surface area contributed by atoms with Gasteiger partial charge < -0.3 is 15.5 Å². The van der Waals surface area contributed by atoms with E-state index in [1.165, 1.54) is 29.3 Å². The Balaban J connectivity index is 1.45. The molecule has 0 radical (unpaired) electrons. The highest BCUT2D eigenvalue weighted by Crippen LogP contribution is 2.38. The van der Waals surface area contributed by atoms with Gasteiger partial charge in [-0.25, -0.2) is 13.2 Å². The number of aromatic carboxylic acids is 1. The van der Waals surface area contributed by atoms with E-state index in [1.807, 2.05) is 26.0 Å². The molecule has 0 fully saturated rings. The molecule has 43 heavy (non-hydrogen) atoms. The highest BCUT2D eigenvalue weighted by Gasteiger charge is 2.39. The first-order valence-electron chi connectivity index (χ1n) is 13.7. The Morgan fingerprint density at radius 3 is 2.19 bits per heavy atom. The minimum Gasteiger partial charge on any atom is -0.478 e. The smallest absolute Gasteiger partial charge is 0.417 e. The summed E-state index contributed by atoms with van der Waals surface area (Å²) in [7, 11) is -3.53. The van der Waals surface area contributed by atoms with Gasteiger partial charge in [-0.15, -0.1) is 0 Å². The van der Waals surface area contributed by atoms with Gasteiger partial charge in [-0.1, -0.05) is 48.0 Å². The van der Waals surface area contributed by atoms with E-state index in [0.29, 0.717) is 16.3 Å². The number of β-amino-alcohol motifs (C(OH)–C–C–N with tert-alkyl or cyclic N) is 1. The molecule has 12 heteroatoms. The van der Waals surface area contributed by atoms with Crippen molar-refractivity contribution >= 4 is 27.6 Å². The molecule has 0 spiro atoms. The third-order valence-corrected chi connectivity index (χ3v) is 9.92. The van der Waals surface area contributed by atoms with Crippen LogP contribution in [0.5, 0.6) is 0 Å². The number of halogens is 4. The van der Waals surface area contributed by atoms with Gasteiger partial charge in [0.1, 0.15) is 0 Å². The van der Waals surface area contributed by atoms with Gasteiger partial charge >= 0.3 is 12.1 Å². The Kier molecular flexibility index (Phi) is 9.63. The van der Waals surface area contributed by atoms with Crippen LogP contribution in [0, 0.1) is 5.92 Å². The molecule has 3 aromatic rings. The quantitative estimate of drug-likeness (QED) is 0.242. The van der Waals surface area contributed by atoms with Crippen molar-refractivity contribution in [2.75, 3.05) is 20.1 Å². The van der Waals surface area contributed by atoms with Crippen LogP contribution in [0.2, 0.25) is 5.02 Å². The first-order valence-corrected chi connectivity index (χ1v) is 15.5. The molecule has 0 aliphatic heterocycles. The number of fused-ring (bicyclic) bond motifs is 1. The second-order valence-electron chi connectivity index (χ2n) is 11.7. The number of aliphatic hydroxyl groups is 1. The van der Waals surface area contributed by atoms with Gasteiger partial charge in [0, 0.05) is 25.7 Å². The monoisotopic (exact) mass is 638 g/mol. The van der Waals surface area contributed by atoms with Crippen LogP contribution in [0.15, 0.2) is 65.6 Å². The van der Waals surface area contributed by atoms with Crippen molar-refractivity contribution in [1.82, 2.24) is 9.62 Å². The van der Waals surface area contributed by atoms with Crippen molar-refractivity contribution in [2.24, 2.45) is 5.92 Å². The van der Waals surface area contributed by atoms with Crippen molar-refractivity contribution in [1.29, 1.82) is 0 Å². The summed E-state index contributed by atoms with van der Waals surface area (Å²) >= 11 is 5.98. The molecule has 3 aromatic carbocycles. The largest absolute Gasteiger partial charge is 0.478 e. The summed E-state index contributed by atoms with van der Waals surface area (Å²) in [5, 5.41) is 22.9. The second-order valence-corrected chi connectivity index (χ2v) is 14.1. The van der Waals surface area contributed by atoms with Gasteiger partial charge in [0.15, 0.2) is 0 Å². The molecule has 1 unspecified atom stereocenters. The molecule has 0 heterocycles. The molecule has 1 atom stereocenters.